The molecule has 4 heteroatoms. The first-order chi connectivity index (χ1) is 10.8. The highest BCUT2D eigenvalue weighted by molar-refractivity contribution is 5.39. The van der Waals surface area contributed by atoms with Crippen molar-refractivity contribution in [3.05, 3.63) is 54.0 Å². The maximum absolute atomic E-state index is 4.77. The van der Waals surface area contributed by atoms with Crippen LogP contribution in [0.5, 0.6) is 0 Å². The summed E-state index contributed by atoms with van der Waals surface area (Å²) in [5.41, 5.74) is 1.25. The van der Waals surface area contributed by atoms with E-state index >= 15 is 0 Å². The summed E-state index contributed by atoms with van der Waals surface area (Å²) >= 11 is 0. The van der Waals surface area contributed by atoms with Crippen molar-refractivity contribution >= 4 is 5.82 Å². The fourth-order valence-corrected chi connectivity index (χ4v) is 3.00. The minimum atomic E-state index is 0.637. The minimum absolute atomic E-state index is 0.637. The Morgan fingerprint density at radius 1 is 1.23 bits per heavy atom. The predicted molar refractivity (Wildman–Crippen MR) is 90.2 cm³/mol. The monoisotopic (exact) mass is 296 g/mol. The SMILES string of the molecule is CCN(C)C1CCN(c2ccnc(Cc3ccccc3)n2)C1. The Morgan fingerprint density at radius 2 is 2.05 bits per heavy atom. The molecule has 0 bridgehead atoms. The summed E-state index contributed by atoms with van der Waals surface area (Å²) in [7, 11) is 2.20. The van der Waals surface area contributed by atoms with Gasteiger partial charge in [-0.1, -0.05) is 37.3 Å². The summed E-state index contributed by atoms with van der Waals surface area (Å²) in [6.45, 7) is 5.45. The van der Waals surface area contributed by atoms with E-state index in [1.807, 2.05) is 18.3 Å². The predicted octanol–water partition coefficient (Wildman–Crippen LogP) is 2.60. The number of rotatable bonds is 5. The molecule has 0 radical (unpaired) electrons. The molecule has 1 aliphatic heterocycles. The number of aromatic nitrogens is 2. The molecule has 116 valence electrons. The first-order valence-electron chi connectivity index (χ1n) is 8.07. The van der Waals surface area contributed by atoms with Gasteiger partial charge in [0.05, 0.1) is 0 Å². The van der Waals surface area contributed by atoms with Crippen molar-refractivity contribution in [3.8, 4) is 0 Å². The average molecular weight is 296 g/mol. The normalized spacial score (nSPS) is 18.1. The van der Waals surface area contributed by atoms with Crippen LogP contribution >= 0.6 is 0 Å². The van der Waals surface area contributed by atoms with E-state index in [1.54, 1.807) is 0 Å². The van der Waals surface area contributed by atoms with E-state index in [9.17, 15) is 0 Å². The third-order valence-corrected chi connectivity index (χ3v) is 4.51. The molecule has 3 rings (SSSR count). The van der Waals surface area contributed by atoms with Crippen LogP contribution in [-0.2, 0) is 6.42 Å². The molecule has 0 N–H and O–H groups in total. The molecule has 2 heterocycles. The molecule has 1 fully saturated rings. The zero-order valence-corrected chi connectivity index (χ0v) is 13.4. The van der Waals surface area contributed by atoms with Gasteiger partial charge in [-0.15, -0.1) is 0 Å². The van der Waals surface area contributed by atoms with E-state index in [0.717, 1.165) is 37.7 Å². The van der Waals surface area contributed by atoms with Crippen LogP contribution in [-0.4, -0.2) is 47.6 Å². The minimum Gasteiger partial charge on any atom is -0.355 e. The van der Waals surface area contributed by atoms with Gasteiger partial charge in [0.1, 0.15) is 11.6 Å². The van der Waals surface area contributed by atoms with Crippen LogP contribution in [0.15, 0.2) is 42.6 Å². The Hall–Kier alpha value is -1.94. The third kappa shape index (κ3) is 3.45. The molecule has 1 aliphatic rings. The molecule has 1 atom stereocenters. The van der Waals surface area contributed by atoms with Gasteiger partial charge in [-0.2, -0.15) is 0 Å². The number of likely N-dealkylation sites (N-methyl/N-ethyl adjacent to an activating group) is 1. The van der Waals surface area contributed by atoms with Crippen molar-refractivity contribution in [1.29, 1.82) is 0 Å². The number of benzene rings is 1. The summed E-state index contributed by atoms with van der Waals surface area (Å²) in [6.07, 6.45) is 3.89. The number of anilines is 1. The number of nitrogens with zero attached hydrogens (tertiary/aromatic N) is 4. The van der Waals surface area contributed by atoms with Gasteiger partial charge in [0.2, 0.25) is 0 Å². The summed E-state index contributed by atoms with van der Waals surface area (Å²) < 4.78 is 0. The highest BCUT2D eigenvalue weighted by atomic mass is 15.3. The largest absolute Gasteiger partial charge is 0.355 e. The van der Waals surface area contributed by atoms with Crippen LogP contribution in [0.25, 0.3) is 0 Å². The van der Waals surface area contributed by atoms with Crippen molar-refractivity contribution < 1.29 is 0 Å². The molecular formula is C18H24N4. The Labute approximate surface area is 132 Å². The zero-order chi connectivity index (χ0) is 15.4. The highest BCUT2D eigenvalue weighted by Crippen LogP contribution is 2.20. The van der Waals surface area contributed by atoms with Crippen molar-refractivity contribution in [1.82, 2.24) is 14.9 Å². The van der Waals surface area contributed by atoms with Crippen LogP contribution < -0.4 is 4.90 Å². The van der Waals surface area contributed by atoms with Gasteiger partial charge in [-0.05, 0) is 31.6 Å². The van der Waals surface area contributed by atoms with Crippen molar-refractivity contribution in [2.45, 2.75) is 25.8 Å². The van der Waals surface area contributed by atoms with Crippen molar-refractivity contribution in [2.75, 3.05) is 31.6 Å². The van der Waals surface area contributed by atoms with Crippen LogP contribution in [0.4, 0.5) is 5.82 Å². The van der Waals surface area contributed by atoms with Gasteiger partial charge < -0.3 is 9.80 Å². The molecule has 0 aliphatic carbocycles. The Morgan fingerprint density at radius 3 is 2.82 bits per heavy atom. The van der Waals surface area contributed by atoms with Gasteiger partial charge in [-0.3, -0.25) is 0 Å². The topological polar surface area (TPSA) is 32.3 Å². The number of hydrogen-bond donors (Lipinski definition) is 0. The maximum Gasteiger partial charge on any atom is 0.135 e. The molecule has 1 saturated heterocycles. The quantitative estimate of drug-likeness (QED) is 0.849. The maximum atomic E-state index is 4.77. The molecule has 0 amide bonds. The first kappa shape index (κ1) is 15.0. The number of hydrogen-bond acceptors (Lipinski definition) is 4. The van der Waals surface area contributed by atoms with Crippen LogP contribution in [0.3, 0.4) is 0 Å². The Bertz CT molecular complexity index is 599. The van der Waals surface area contributed by atoms with Crippen LogP contribution in [0, 0.1) is 0 Å². The van der Waals surface area contributed by atoms with E-state index < -0.39 is 0 Å². The molecule has 2 aromatic rings. The van der Waals surface area contributed by atoms with E-state index in [2.05, 4.69) is 53.0 Å². The van der Waals surface area contributed by atoms with E-state index in [0.29, 0.717) is 6.04 Å². The lowest BCUT2D eigenvalue weighted by atomic mass is 10.1. The second-order valence-electron chi connectivity index (χ2n) is 5.96. The third-order valence-electron chi connectivity index (χ3n) is 4.51. The Balaban J connectivity index is 1.69. The lowest BCUT2D eigenvalue weighted by Crippen LogP contribution is -2.34. The lowest BCUT2D eigenvalue weighted by Gasteiger charge is -2.23. The van der Waals surface area contributed by atoms with E-state index in [4.69, 9.17) is 4.98 Å². The second-order valence-corrected chi connectivity index (χ2v) is 5.96. The van der Waals surface area contributed by atoms with Crippen LogP contribution in [0.1, 0.15) is 24.7 Å². The molecule has 4 nitrogen and oxygen atoms in total. The first-order valence-corrected chi connectivity index (χ1v) is 8.07. The second kappa shape index (κ2) is 6.88. The average Bonchev–Trinajstić information content (AvgIpc) is 3.05. The molecule has 1 aromatic heterocycles. The molecule has 1 aromatic carbocycles. The fraction of sp³-hybridized carbons (Fsp3) is 0.444. The zero-order valence-electron chi connectivity index (χ0n) is 13.4. The van der Waals surface area contributed by atoms with E-state index in [1.165, 1.54) is 12.0 Å². The van der Waals surface area contributed by atoms with Gasteiger partial charge in [-0.25, -0.2) is 9.97 Å². The van der Waals surface area contributed by atoms with Crippen LogP contribution in [0.2, 0.25) is 0 Å². The standard InChI is InChI=1S/C18H24N4/c1-3-21(2)16-10-12-22(14-16)18-9-11-19-17(20-18)13-15-7-5-4-6-8-15/h4-9,11,16H,3,10,12-14H2,1-2H3. The van der Waals surface area contributed by atoms with Gasteiger partial charge in [0.25, 0.3) is 0 Å². The van der Waals surface area contributed by atoms with Gasteiger partial charge in [0, 0.05) is 31.7 Å². The van der Waals surface area contributed by atoms with Gasteiger partial charge in [0.15, 0.2) is 0 Å². The smallest absolute Gasteiger partial charge is 0.135 e. The summed E-state index contributed by atoms with van der Waals surface area (Å²) in [6, 6.07) is 13.1. The molecule has 22 heavy (non-hydrogen) atoms. The molecule has 0 spiro atoms. The summed E-state index contributed by atoms with van der Waals surface area (Å²) in [4.78, 5) is 14.0. The molecule has 0 saturated carbocycles. The lowest BCUT2D eigenvalue weighted by molar-refractivity contribution is 0.272. The van der Waals surface area contributed by atoms with Crippen molar-refractivity contribution in [3.63, 3.8) is 0 Å². The Kier molecular flexibility index (Phi) is 4.68. The van der Waals surface area contributed by atoms with Crippen molar-refractivity contribution in [2.24, 2.45) is 0 Å². The summed E-state index contributed by atoms with van der Waals surface area (Å²) in [5, 5.41) is 0. The van der Waals surface area contributed by atoms with E-state index in [-0.39, 0.29) is 0 Å². The highest BCUT2D eigenvalue weighted by Gasteiger charge is 2.25. The molecular weight excluding hydrogens is 272 g/mol. The molecule has 1 unspecified atom stereocenters. The fourth-order valence-electron chi connectivity index (χ4n) is 3.00. The summed E-state index contributed by atoms with van der Waals surface area (Å²) in [5.74, 6) is 1.96. The van der Waals surface area contributed by atoms with Gasteiger partial charge >= 0.3 is 0 Å².